The van der Waals surface area contributed by atoms with Crippen LogP contribution in [0.4, 0.5) is 0 Å². The van der Waals surface area contributed by atoms with Gasteiger partial charge in [0, 0.05) is 30.4 Å². The molecule has 4 nitrogen and oxygen atoms in total. The van der Waals surface area contributed by atoms with Crippen molar-refractivity contribution in [2.45, 2.75) is 13.3 Å². The lowest BCUT2D eigenvalue weighted by Crippen LogP contribution is -2.18. The van der Waals surface area contributed by atoms with Crippen LogP contribution in [0.5, 0.6) is 0 Å². The van der Waals surface area contributed by atoms with Gasteiger partial charge in [0.25, 0.3) is 0 Å². The second-order valence-corrected chi connectivity index (χ2v) is 5.14. The van der Waals surface area contributed by atoms with Crippen molar-refractivity contribution in [2.75, 3.05) is 0 Å². The first-order chi connectivity index (χ1) is 9.24. The molecule has 1 unspecified atom stereocenters. The highest BCUT2D eigenvalue weighted by molar-refractivity contribution is 7.97. The van der Waals surface area contributed by atoms with Gasteiger partial charge in [-0.25, -0.2) is 4.98 Å². The molecule has 1 aliphatic heterocycles. The molecule has 0 spiro atoms. The molecular formula is C14H15ClN4S. The average molecular weight is 307 g/mol. The maximum absolute atomic E-state index is 4.26. The second kappa shape index (κ2) is 6.24. The first-order valence-corrected chi connectivity index (χ1v) is 6.61. The van der Waals surface area contributed by atoms with E-state index in [2.05, 4.69) is 59.0 Å². The van der Waals surface area contributed by atoms with Crippen LogP contribution in [0.2, 0.25) is 0 Å². The molecule has 2 aromatic rings. The molecule has 6 heteroatoms. The monoisotopic (exact) mass is 306 g/mol. The lowest BCUT2D eigenvalue weighted by atomic mass is 9.95. The molecule has 0 bridgehead atoms. The summed E-state index contributed by atoms with van der Waals surface area (Å²) in [6.07, 6.45) is 6.33. The van der Waals surface area contributed by atoms with Gasteiger partial charge in [0.2, 0.25) is 0 Å². The largest absolute Gasteiger partial charge is 0.306 e. The number of aromatic nitrogens is 2. The third-order valence-corrected chi connectivity index (χ3v) is 3.47. The number of hydrogen-bond acceptors (Lipinski definition) is 3. The summed E-state index contributed by atoms with van der Waals surface area (Å²) in [6, 6.07) is 8.27. The SMILES string of the molecule is CC1CC(S)=NN=C1c1ccc(-n2ccnc2)cc1.Cl. The maximum Gasteiger partial charge on any atom is 0.0991 e. The molecule has 1 aromatic heterocycles. The summed E-state index contributed by atoms with van der Waals surface area (Å²) >= 11 is 4.26. The Kier molecular flexibility index (Phi) is 4.62. The van der Waals surface area contributed by atoms with Gasteiger partial charge in [-0.2, -0.15) is 5.10 Å². The Labute approximate surface area is 129 Å². The molecule has 0 radical (unpaired) electrons. The van der Waals surface area contributed by atoms with Crippen LogP contribution < -0.4 is 0 Å². The summed E-state index contributed by atoms with van der Waals surface area (Å²) in [6.45, 7) is 2.15. The van der Waals surface area contributed by atoms with Gasteiger partial charge in [0.15, 0.2) is 0 Å². The molecule has 104 valence electrons. The Bertz CT molecular complexity index is 632. The fraction of sp³-hybridized carbons (Fsp3) is 0.214. The van der Waals surface area contributed by atoms with Crippen LogP contribution in [0.15, 0.2) is 53.2 Å². The van der Waals surface area contributed by atoms with E-state index in [-0.39, 0.29) is 12.4 Å². The summed E-state index contributed by atoms with van der Waals surface area (Å²) in [4.78, 5) is 4.04. The molecule has 1 aromatic carbocycles. The standard InChI is InChI=1S/C14H14N4S.ClH/c1-10-8-13(19)16-17-14(10)11-2-4-12(5-3-11)18-7-6-15-9-18;/h2-7,9-10H,8H2,1H3,(H,16,19);1H. The fourth-order valence-electron chi connectivity index (χ4n) is 2.18. The van der Waals surface area contributed by atoms with Crippen LogP contribution in [-0.4, -0.2) is 20.3 Å². The molecule has 0 saturated heterocycles. The fourth-order valence-corrected chi connectivity index (χ4v) is 2.50. The zero-order valence-corrected chi connectivity index (χ0v) is 12.7. The van der Waals surface area contributed by atoms with E-state index in [1.165, 1.54) is 0 Å². The summed E-state index contributed by atoms with van der Waals surface area (Å²) in [5.74, 6) is 0.351. The predicted molar refractivity (Wildman–Crippen MR) is 87.6 cm³/mol. The maximum atomic E-state index is 4.26. The number of nitrogens with zero attached hydrogens (tertiary/aromatic N) is 4. The minimum Gasteiger partial charge on any atom is -0.306 e. The highest BCUT2D eigenvalue weighted by atomic mass is 35.5. The van der Waals surface area contributed by atoms with E-state index in [0.29, 0.717) is 5.92 Å². The Morgan fingerprint density at radius 2 is 1.95 bits per heavy atom. The van der Waals surface area contributed by atoms with E-state index >= 15 is 0 Å². The van der Waals surface area contributed by atoms with E-state index in [9.17, 15) is 0 Å². The number of imidazole rings is 1. The molecule has 1 atom stereocenters. The quantitative estimate of drug-likeness (QED) is 0.849. The number of halogens is 1. The van der Waals surface area contributed by atoms with Crippen LogP contribution in [0.1, 0.15) is 18.9 Å². The first-order valence-electron chi connectivity index (χ1n) is 6.16. The molecule has 0 amide bonds. The van der Waals surface area contributed by atoms with E-state index in [4.69, 9.17) is 0 Å². The molecule has 2 heterocycles. The summed E-state index contributed by atoms with van der Waals surface area (Å²) < 4.78 is 1.97. The van der Waals surface area contributed by atoms with Crippen molar-refractivity contribution >= 4 is 35.8 Å². The Morgan fingerprint density at radius 1 is 1.20 bits per heavy atom. The van der Waals surface area contributed by atoms with Crippen molar-refractivity contribution in [3.8, 4) is 5.69 Å². The lowest BCUT2D eigenvalue weighted by Gasteiger charge is -2.17. The normalized spacial score (nSPS) is 18.0. The highest BCUT2D eigenvalue weighted by Gasteiger charge is 2.18. The molecule has 1 aliphatic rings. The molecule has 3 rings (SSSR count). The Balaban J connectivity index is 0.00000147. The number of rotatable bonds is 2. The minimum atomic E-state index is 0. The van der Waals surface area contributed by atoms with Crippen LogP contribution in [0, 0.1) is 5.92 Å². The third-order valence-electron chi connectivity index (χ3n) is 3.19. The molecule has 0 saturated carbocycles. The molecule has 0 N–H and O–H groups in total. The van der Waals surface area contributed by atoms with Crippen molar-refractivity contribution in [3.63, 3.8) is 0 Å². The Hall–Kier alpha value is -1.59. The highest BCUT2D eigenvalue weighted by Crippen LogP contribution is 2.20. The molecule has 0 aliphatic carbocycles. The van der Waals surface area contributed by atoms with Crippen LogP contribution in [-0.2, 0) is 0 Å². The van der Waals surface area contributed by atoms with Gasteiger partial charge in [0.1, 0.15) is 0 Å². The zero-order chi connectivity index (χ0) is 13.2. The summed E-state index contributed by atoms with van der Waals surface area (Å²) in [7, 11) is 0. The molecule has 20 heavy (non-hydrogen) atoms. The predicted octanol–water partition coefficient (Wildman–Crippen LogP) is 3.37. The van der Waals surface area contributed by atoms with Crippen LogP contribution >= 0.6 is 25.0 Å². The van der Waals surface area contributed by atoms with Gasteiger partial charge in [-0.15, -0.1) is 30.1 Å². The second-order valence-electron chi connectivity index (χ2n) is 4.62. The molecule has 0 fully saturated rings. The lowest BCUT2D eigenvalue weighted by molar-refractivity contribution is 0.798. The van der Waals surface area contributed by atoms with Crippen LogP contribution in [0.25, 0.3) is 5.69 Å². The van der Waals surface area contributed by atoms with Crippen molar-refractivity contribution < 1.29 is 0 Å². The average Bonchev–Trinajstić information content (AvgIpc) is 2.93. The topological polar surface area (TPSA) is 42.5 Å². The van der Waals surface area contributed by atoms with Crippen molar-refractivity contribution in [3.05, 3.63) is 48.5 Å². The van der Waals surface area contributed by atoms with E-state index < -0.39 is 0 Å². The van der Waals surface area contributed by atoms with Gasteiger partial charge in [-0.3, -0.25) is 0 Å². The van der Waals surface area contributed by atoms with Gasteiger partial charge in [0.05, 0.1) is 17.1 Å². The number of thiol groups is 1. The summed E-state index contributed by atoms with van der Waals surface area (Å²) in [5.41, 5.74) is 3.22. The van der Waals surface area contributed by atoms with E-state index in [1.807, 2.05) is 10.8 Å². The third kappa shape index (κ3) is 2.94. The van der Waals surface area contributed by atoms with Gasteiger partial charge in [-0.1, -0.05) is 19.1 Å². The van der Waals surface area contributed by atoms with Gasteiger partial charge >= 0.3 is 0 Å². The van der Waals surface area contributed by atoms with Crippen LogP contribution in [0.3, 0.4) is 0 Å². The zero-order valence-electron chi connectivity index (χ0n) is 11.0. The van der Waals surface area contributed by atoms with Crippen molar-refractivity contribution in [1.29, 1.82) is 0 Å². The smallest absolute Gasteiger partial charge is 0.0991 e. The van der Waals surface area contributed by atoms with Crippen molar-refractivity contribution in [1.82, 2.24) is 9.55 Å². The molecular weight excluding hydrogens is 292 g/mol. The van der Waals surface area contributed by atoms with E-state index in [0.717, 1.165) is 28.4 Å². The van der Waals surface area contributed by atoms with Crippen molar-refractivity contribution in [2.24, 2.45) is 16.1 Å². The minimum absolute atomic E-state index is 0. The summed E-state index contributed by atoms with van der Waals surface area (Å²) in [5, 5.41) is 9.12. The first kappa shape index (κ1) is 14.8. The Morgan fingerprint density at radius 3 is 2.55 bits per heavy atom. The van der Waals surface area contributed by atoms with Gasteiger partial charge in [-0.05, 0) is 17.7 Å². The number of benzene rings is 1. The van der Waals surface area contributed by atoms with E-state index in [1.54, 1.807) is 12.5 Å². The number of hydrogen-bond donors (Lipinski definition) is 1. The van der Waals surface area contributed by atoms with Gasteiger partial charge < -0.3 is 4.57 Å².